The molecule has 2 aromatic heterocycles. The first-order chi connectivity index (χ1) is 12.0. The summed E-state index contributed by atoms with van der Waals surface area (Å²) >= 11 is 0. The van der Waals surface area contributed by atoms with Gasteiger partial charge in [-0.15, -0.1) is 0 Å². The van der Waals surface area contributed by atoms with E-state index in [0.29, 0.717) is 17.4 Å². The van der Waals surface area contributed by atoms with Crippen LogP contribution in [0.2, 0.25) is 0 Å². The molecule has 25 heavy (non-hydrogen) atoms. The highest BCUT2D eigenvalue weighted by Gasteiger charge is 2.25. The Kier molecular flexibility index (Phi) is 4.90. The summed E-state index contributed by atoms with van der Waals surface area (Å²) < 4.78 is 6.62. The van der Waals surface area contributed by atoms with E-state index in [9.17, 15) is 4.79 Å². The number of amides is 1. The average Bonchev–Trinajstić information content (AvgIpc) is 3.21. The predicted molar refractivity (Wildman–Crippen MR) is 91.6 cm³/mol. The van der Waals surface area contributed by atoms with Crippen molar-refractivity contribution in [2.24, 2.45) is 7.05 Å². The summed E-state index contributed by atoms with van der Waals surface area (Å²) in [5.41, 5.74) is 0.836. The molecule has 0 radical (unpaired) electrons. The lowest BCUT2D eigenvalue weighted by molar-refractivity contribution is -0.118. The Morgan fingerprint density at radius 3 is 2.64 bits per heavy atom. The Hall–Kier alpha value is -3.00. The van der Waals surface area contributed by atoms with Crippen LogP contribution < -0.4 is 10.6 Å². The number of nitrogens with zero attached hydrogens (tertiary/aromatic N) is 4. The molecule has 0 bridgehead atoms. The molecule has 2 heterocycles. The molecule has 0 saturated heterocycles. The standard InChI is InChI=1S/C17H20N6O2/c1-11-9-14(22-25-11)20-17(24)15(13-7-5-4-6-8-13)19-12(2)16-18-10-23(3)21-16/h4-10,12,15,19H,1-3H3,(H,20,22,24). The number of rotatable bonds is 6. The van der Waals surface area contributed by atoms with Gasteiger partial charge in [0.25, 0.3) is 0 Å². The summed E-state index contributed by atoms with van der Waals surface area (Å²) in [5.74, 6) is 1.40. The molecule has 2 atom stereocenters. The second-order valence-corrected chi connectivity index (χ2v) is 5.82. The molecule has 8 nitrogen and oxygen atoms in total. The van der Waals surface area contributed by atoms with Crippen molar-refractivity contribution in [3.63, 3.8) is 0 Å². The fourth-order valence-corrected chi connectivity index (χ4v) is 2.47. The topological polar surface area (TPSA) is 97.9 Å². The SMILES string of the molecule is Cc1cc(NC(=O)C(NC(C)c2ncn(C)n2)c2ccccc2)no1. The zero-order chi connectivity index (χ0) is 17.8. The zero-order valence-corrected chi connectivity index (χ0v) is 14.3. The lowest BCUT2D eigenvalue weighted by Crippen LogP contribution is -2.35. The van der Waals surface area contributed by atoms with Gasteiger partial charge in [0.1, 0.15) is 18.1 Å². The molecule has 2 N–H and O–H groups in total. The third kappa shape index (κ3) is 4.10. The number of aryl methyl sites for hydroxylation is 2. The molecule has 0 aliphatic rings. The minimum Gasteiger partial charge on any atom is -0.360 e. The van der Waals surface area contributed by atoms with Gasteiger partial charge in [-0.25, -0.2) is 4.98 Å². The second-order valence-electron chi connectivity index (χ2n) is 5.82. The van der Waals surface area contributed by atoms with E-state index in [0.717, 1.165) is 5.56 Å². The van der Waals surface area contributed by atoms with Gasteiger partial charge in [-0.3, -0.25) is 14.8 Å². The van der Waals surface area contributed by atoms with Crippen LogP contribution in [0.4, 0.5) is 5.82 Å². The molecule has 0 aliphatic carbocycles. The molecule has 1 amide bonds. The lowest BCUT2D eigenvalue weighted by atomic mass is 10.0. The van der Waals surface area contributed by atoms with Crippen LogP contribution in [0.3, 0.4) is 0 Å². The van der Waals surface area contributed by atoms with E-state index in [-0.39, 0.29) is 11.9 Å². The van der Waals surface area contributed by atoms with Crippen LogP contribution in [0.15, 0.2) is 47.2 Å². The van der Waals surface area contributed by atoms with Gasteiger partial charge in [0.05, 0.1) is 6.04 Å². The number of hydrogen-bond acceptors (Lipinski definition) is 6. The van der Waals surface area contributed by atoms with Crippen molar-refractivity contribution in [2.45, 2.75) is 25.9 Å². The van der Waals surface area contributed by atoms with Crippen molar-refractivity contribution >= 4 is 11.7 Å². The number of nitrogens with one attached hydrogen (secondary N) is 2. The normalized spacial score (nSPS) is 13.4. The van der Waals surface area contributed by atoms with Crippen molar-refractivity contribution in [3.05, 3.63) is 59.9 Å². The highest BCUT2D eigenvalue weighted by molar-refractivity contribution is 5.94. The van der Waals surface area contributed by atoms with Crippen molar-refractivity contribution in [2.75, 3.05) is 5.32 Å². The highest BCUT2D eigenvalue weighted by atomic mass is 16.5. The molecule has 130 valence electrons. The Labute approximate surface area is 145 Å². The van der Waals surface area contributed by atoms with E-state index in [1.807, 2.05) is 37.3 Å². The van der Waals surface area contributed by atoms with E-state index in [2.05, 4.69) is 25.9 Å². The van der Waals surface area contributed by atoms with Crippen LogP contribution in [0, 0.1) is 6.92 Å². The van der Waals surface area contributed by atoms with Gasteiger partial charge >= 0.3 is 0 Å². The Balaban J connectivity index is 1.81. The molecule has 0 aliphatic heterocycles. The van der Waals surface area contributed by atoms with Gasteiger partial charge in [0.15, 0.2) is 11.6 Å². The van der Waals surface area contributed by atoms with Gasteiger partial charge in [-0.1, -0.05) is 35.5 Å². The van der Waals surface area contributed by atoms with Crippen molar-refractivity contribution in [3.8, 4) is 0 Å². The fourth-order valence-electron chi connectivity index (χ4n) is 2.47. The van der Waals surface area contributed by atoms with Crippen molar-refractivity contribution in [1.82, 2.24) is 25.2 Å². The van der Waals surface area contributed by atoms with Crippen molar-refractivity contribution < 1.29 is 9.32 Å². The number of aromatic nitrogens is 4. The number of anilines is 1. The van der Waals surface area contributed by atoms with Gasteiger partial charge < -0.3 is 9.84 Å². The summed E-state index contributed by atoms with van der Waals surface area (Å²) in [6.45, 7) is 3.68. The average molecular weight is 340 g/mol. The van der Waals surface area contributed by atoms with E-state index in [1.165, 1.54) is 0 Å². The maximum absolute atomic E-state index is 12.8. The van der Waals surface area contributed by atoms with Crippen LogP contribution in [-0.2, 0) is 11.8 Å². The molecule has 1 aromatic carbocycles. The molecule has 0 fully saturated rings. The lowest BCUT2D eigenvalue weighted by Gasteiger charge is -2.21. The highest BCUT2D eigenvalue weighted by Crippen LogP contribution is 2.20. The maximum atomic E-state index is 12.8. The molecular formula is C17H20N6O2. The first-order valence-corrected chi connectivity index (χ1v) is 7.93. The van der Waals surface area contributed by atoms with E-state index < -0.39 is 6.04 Å². The number of carbonyl (C=O) groups is 1. The molecule has 3 aromatic rings. The smallest absolute Gasteiger partial charge is 0.247 e. The third-order valence-corrected chi connectivity index (χ3v) is 3.70. The summed E-state index contributed by atoms with van der Waals surface area (Å²) in [5, 5.41) is 14.1. The van der Waals surface area contributed by atoms with Gasteiger partial charge in [0.2, 0.25) is 5.91 Å². The Bertz CT molecular complexity index is 842. The van der Waals surface area contributed by atoms with Crippen molar-refractivity contribution in [1.29, 1.82) is 0 Å². The van der Waals surface area contributed by atoms with Gasteiger partial charge in [0, 0.05) is 13.1 Å². The van der Waals surface area contributed by atoms with E-state index in [1.54, 1.807) is 31.0 Å². The number of hydrogen-bond donors (Lipinski definition) is 2. The summed E-state index contributed by atoms with van der Waals surface area (Å²) in [6.07, 6.45) is 1.63. The number of carbonyl (C=O) groups excluding carboxylic acids is 1. The minimum atomic E-state index is -0.586. The van der Waals surface area contributed by atoms with Gasteiger partial charge in [-0.2, -0.15) is 5.10 Å². The van der Waals surface area contributed by atoms with E-state index in [4.69, 9.17) is 4.52 Å². The van der Waals surface area contributed by atoms with E-state index >= 15 is 0 Å². The molecule has 0 spiro atoms. The zero-order valence-electron chi connectivity index (χ0n) is 14.3. The first-order valence-electron chi connectivity index (χ1n) is 7.93. The molecule has 2 unspecified atom stereocenters. The van der Waals surface area contributed by atoms with Crippen LogP contribution in [0.5, 0.6) is 0 Å². The summed E-state index contributed by atoms with van der Waals surface area (Å²) in [6, 6.07) is 10.3. The number of benzene rings is 1. The monoisotopic (exact) mass is 340 g/mol. The molecular weight excluding hydrogens is 320 g/mol. The van der Waals surface area contributed by atoms with Crippen LogP contribution in [0.25, 0.3) is 0 Å². The summed E-state index contributed by atoms with van der Waals surface area (Å²) in [4.78, 5) is 17.0. The van der Waals surface area contributed by atoms with Crippen LogP contribution in [-0.4, -0.2) is 25.8 Å². The summed E-state index contributed by atoms with van der Waals surface area (Å²) in [7, 11) is 1.80. The second kappa shape index (κ2) is 7.27. The predicted octanol–water partition coefficient (Wildman–Crippen LogP) is 2.14. The third-order valence-electron chi connectivity index (χ3n) is 3.70. The quantitative estimate of drug-likeness (QED) is 0.713. The van der Waals surface area contributed by atoms with Crippen LogP contribution >= 0.6 is 0 Å². The largest absolute Gasteiger partial charge is 0.360 e. The first kappa shape index (κ1) is 16.8. The minimum absolute atomic E-state index is 0.212. The van der Waals surface area contributed by atoms with Crippen LogP contribution in [0.1, 0.15) is 36.2 Å². The molecule has 8 heteroatoms. The Morgan fingerprint density at radius 2 is 2.04 bits per heavy atom. The van der Waals surface area contributed by atoms with Gasteiger partial charge in [-0.05, 0) is 19.4 Å². The fraction of sp³-hybridized carbons (Fsp3) is 0.294. The molecule has 0 saturated carbocycles. The maximum Gasteiger partial charge on any atom is 0.247 e. The molecule has 3 rings (SSSR count). The Morgan fingerprint density at radius 1 is 1.28 bits per heavy atom.